The van der Waals surface area contributed by atoms with Crippen molar-refractivity contribution in [3.63, 3.8) is 0 Å². The Bertz CT molecular complexity index is 690. The first kappa shape index (κ1) is 14.6. The van der Waals surface area contributed by atoms with Gasteiger partial charge in [0.2, 0.25) is 0 Å². The third-order valence-electron chi connectivity index (χ3n) is 2.72. The average Bonchev–Trinajstić information content (AvgIpc) is 2.87. The number of carboxylic acid groups (broad SMARTS) is 1. The van der Waals surface area contributed by atoms with Crippen molar-refractivity contribution in [2.24, 2.45) is 0 Å². The van der Waals surface area contributed by atoms with Crippen molar-refractivity contribution >= 4 is 11.9 Å². The van der Waals surface area contributed by atoms with Crippen molar-refractivity contribution in [2.45, 2.75) is 19.9 Å². The summed E-state index contributed by atoms with van der Waals surface area (Å²) in [6.07, 6.45) is 0. The van der Waals surface area contributed by atoms with Crippen molar-refractivity contribution in [1.29, 1.82) is 0 Å². The number of benzene rings is 1. The van der Waals surface area contributed by atoms with Crippen molar-refractivity contribution < 1.29 is 24.5 Å². The highest BCUT2D eigenvalue weighted by Gasteiger charge is 2.22. The van der Waals surface area contributed by atoms with Crippen LogP contribution in [0.15, 0.2) is 30.3 Å². The zero-order valence-electron chi connectivity index (χ0n) is 11.5. The largest absolute Gasteiger partial charge is 0.504 e. The van der Waals surface area contributed by atoms with Crippen molar-refractivity contribution in [1.82, 2.24) is 9.78 Å². The van der Waals surface area contributed by atoms with Crippen molar-refractivity contribution in [2.75, 3.05) is 0 Å². The van der Waals surface area contributed by atoms with Gasteiger partial charge in [0, 0.05) is 12.1 Å². The fourth-order valence-corrected chi connectivity index (χ4v) is 1.74. The van der Waals surface area contributed by atoms with E-state index in [1.54, 1.807) is 26.0 Å². The SMILES string of the molecule is CC(C)n1nc(C(=O)Oc2ccccc2O)cc1C(=O)O. The number of phenolic OH excluding ortho intramolecular Hbond substituents is 1. The van der Waals surface area contributed by atoms with Crippen LogP contribution in [-0.4, -0.2) is 31.9 Å². The molecule has 1 aromatic carbocycles. The second-order valence-electron chi connectivity index (χ2n) is 4.62. The smallest absolute Gasteiger partial charge is 0.364 e. The molecule has 2 rings (SSSR count). The summed E-state index contributed by atoms with van der Waals surface area (Å²) in [7, 11) is 0. The van der Waals surface area contributed by atoms with Gasteiger partial charge in [0.05, 0.1) is 0 Å². The average molecular weight is 290 g/mol. The molecular formula is C14H14N2O5. The summed E-state index contributed by atoms with van der Waals surface area (Å²) in [4.78, 5) is 23.1. The van der Waals surface area contributed by atoms with Crippen molar-refractivity contribution in [3.05, 3.63) is 41.7 Å². The Morgan fingerprint density at radius 1 is 1.29 bits per heavy atom. The second-order valence-corrected chi connectivity index (χ2v) is 4.62. The number of carbonyl (C=O) groups excluding carboxylic acids is 1. The maximum absolute atomic E-state index is 12.0. The molecule has 0 amide bonds. The van der Waals surface area contributed by atoms with Crippen LogP contribution in [0.25, 0.3) is 0 Å². The van der Waals surface area contributed by atoms with Crippen LogP contribution in [0, 0.1) is 0 Å². The summed E-state index contributed by atoms with van der Waals surface area (Å²) in [5, 5.41) is 22.6. The number of aromatic carboxylic acids is 1. The van der Waals surface area contributed by atoms with Crippen LogP contribution < -0.4 is 4.74 Å². The fourth-order valence-electron chi connectivity index (χ4n) is 1.74. The predicted molar refractivity (Wildman–Crippen MR) is 72.6 cm³/mol. The lowest BCUT2D eigenvalue weighted by molar-refractivity contribution is 0.0679. The van der Waals surface area contributed by atoms with E-state index in [2.05, 4.69) is 5.10 Å². The zero-order valence-corrected chi connectivity index (χ0v) is 11.5. The van der Waals surface area contributed by atoms with E-state index in [0.717, 1.165) is 6.07 Å². The summed E-state index contributed by atoms with van der Waals surface area (Å²) in [5.74, 6) is -2.22. The maximum atomic E-state index is 12.0. The number of hydrogen-bond donors (Lipinski definition) is 2. The van der Waals surface area contributed by atoms with E-state index >= 15 is 0 Å². The van der Waals surface area contributed by atoms with Crippen molar-refractivity contribution in [3.8, 4) is 11.5 Å². The van der Waals surface area contributed by atoms with Gasteiger partial charge in [-0.05, 0) is 26.0 Å². The first-order valence-electron chi connectivity index (χ1n) is 6.23. The zero-order chi connectivity index (χ0) is 15.6. The normalized spacial score (nSPS) is 10.6. The van der Waals surface area contributed by atoms with E-state index in [-0.39, 0.29) is 28.9 Å². The Morgan fingerprint density at radius 3 is 2.48 bits per heavy atom. The number of ether oxygens (including phenoxy) is 1. The van der Waals surface area contributed by atoms with Gasteiger partial charge in [-0.25, -0.2) is 9.59 Å². The molecule has 0 unspecified atom stereocenters. The quantitative estimate of drug-likeness (QED) is 0.660. The minimum absolute atomic E-state index is 0.0153. The summed E-state index contributed by atoms with van der Waals surface area (Å²) in [6, 6.07) is 6.90. The van der Waals surface area contributed by atoms with Crippen LogP contribution in [0.2, 0.25) is 0 Å². The highest BCUT2D eigenvalue weighted by molar-refractivity contribution is 5.93. The molecule has 1 aromatic heterocycles. The number of aromatic nitrogens is 2. The molecule has 0 spiro atoms. The number of carbonyl (C=O) groups is 2. The Kier molecular flexibility index (Phi) is 3.93. The third kappa shape index (κ3) is 3.02. The standard InChI is InChI=1S/C14H14N2O5/c1-8(2)16-10(13(18)19)7-9(15-16)14(20)21-12-6-4-3-5-11(12)17/h3-8,17H,1-2H3,(H,18,19). The van der Waals surface area contributed by atoms with E-state index in [1.807, 2.05) is 0 Å². The fraction of sp³-hybridized carbons (Fsp3) is 0.214. The Hall–Kier alpha value is -2.83. The minimum atomic E-state index is -1.18. The molecule has 21 heavy (non-hydrogen) atoms. The molecule has 110 valence electrons. The second kappa shape index (κ2) is 5.66. The molecule has 0 aliphatic heterocycles. The molecule has 0 atom stereocenters. The van der Waals surface area contributed by atoms with E-state index in [9.17, 15) is 14.7 Å². The number of rotatable bonds is 4. The molecule has 0 saturated heterocycles. The molecule has 7 heteroatoms. The molecular weight excluding hydrogens is 276 g/mol. The molecule has 7 nitrogen and oxygen atoms in total. The van der Waals surface area contributed by atoms with Gasteiger partial charge in [0.1, 0.15) is 5.69 Å². The molecule has 1 heterocycles. The Morgan fingerprint density at radius 2 is 1.95 bits per heavy atom. The molecule has 0 aliphatic rings. The van der Waals surface area contributed by atoms with Crippen LogP contribution in [0.1, 0.15) is 40.9 Å². The lowest BCUT2D eigenvalue weighted by Crippen LogP contribution is -2.13. The maximum Gasteiger partial charge on any atom is 0.364 e. The number of aromatic hydroxyl groups is 1. The van der Waals surface area contributed by atoms with Gasteiger partial charge < -0.3 is 14.9 Å². The van der Waals surface area contributed by atoms with Crippen LogP contribution in [-0.2, 0) is 0 Å². The van der Waals surface area contributed by atoms with Gasteiger partial charge >= 0.3 is 11.9 Å². The monoisotopic (exact) mass is 290 g/mol. The van der Waals surface area contributed by atoms with Crippen LogP contribution in [0.4, 0.5) is 0 Å². The number of carboxylic acids is 1. The Balaban J connectivity index is 2.30. The number of para-hydroxylation sites is 2. The van der Waals surface area contributed by atoms with E-state index < -0.39 is 11.9 Å². The number of nitrogens with zero attached hydrogens (tertiary/aromatic N) is 2. The molecule has 2 aromatic rings. The van der Waals surface area contributed by atoms with E-state index in [0.29, 0.717) is 0 Å². The number of hydrogen-bond acceptors (Lipinski definition) is 5. The van der Waals surface area contributed by atoms with Gasteiger partial charge in [-0.3, -0.25) is 4.68 Å². The molecule has 0 aliphatic carbocycles. The highest BCUT2D eigenvalue weighted by atomic mass is 16.5. The lowest BCUT2D eigenvalue weighted by atomic mass is 10.3. The summed E-state index contributed by atoms with van der Waals surface area (Å²) >= 11 is 0. The highest BCUT2D eigenvalue weighted by Crippen LogP contribution is 2.25. The van der Waals surface area contributed by atoms with E-state index in [1.165, 1.54) is 16.8 Å². The molecule has 0 bridgehead atoms. The number of esters is 1. The van der Waals surface area contributed by atoms with Gasteiger partial charge in [0.15, 0.2) is 17.2 Å². The van der Waals surface area contributed by atoms with Gasteiger partial charge in [-0.2, -0.15) is 5.10 Å². The molecule has 0 radical (unpaired) electrons. The summed E-state index contributed by atoms with van der Waals surface area (Å²) in [5.41, 5.74) is -0.237. The molecule has 0 saturated carbocycles. The first-order chi connectivity index (χ1) is 9.90. The van der Waals surface area contributed by atoms with Gasteiger partial charge in [0.25, 0.3) is 0 Å². The van der Waals surface area contributed by atoms with Gasteiger partial charge in [-0.1, -0.05) is 12.1 Å². The lowest BCUT2D eigenvalue weighted by Gasteiger charge is -2.07. The Labute approximate surface area is 120 Å². The summed E-state index contributed by atoms with van der Waals surface area (Å²) < 4.78 is 6.23. The topological polar surface area (TPSA) is 102 Å². The minimum Gasteiger partial charge on any atom is -0.504 e. The molecule has 2 N–H and O–H groups in total. The first-order valence-corrected chi connectivity index (χ1v) is 6.23. The predicted octanol–water partition coefficient (Wildman–Crippen LogP) is 2.09. The van der Waals surface area contributed by atoms with Crippen LogP contribution in [0.3, 0.4) is 0 Å². The third-order valence-corrected chi connectivity index (χ3v) is 2.72. The number of phenols is 1. The van der Waals surface area contributed by atoms with Crippen LogP contribution >= 0.6 is 0 Å². The van der Waals surface area contributed by atoms with Crippen LogP contribution in [0.5, 0.6) is 11.5 Å². The molecule has 0 fully saturated rings. The summed E-state index contributed by atoms with van der Waals surface area (Å²) in [6.45, 7) is 3.50. The van der Waals surface area contributed by atoms with E-state index in [4.69, 9.17) is 9.84 Å². The van der Waals surface area contributed by atoms with Gasteiger partial charge in [-0.15, -0.1) is 0 Å².